The molecule has 0 aromatic heterocycles. The van der Waals surface area contributed by atoms with E-state index >= 15 is 0 Å². The van der Waals surface area contributed by atoms with E-state index in [1.807, 2.05) is 13.0 Å². The van der Waals surface area contributed by atoms with Crippen LogP contribution >= 0.6 is 0 Å². The van der Waals surface area contributed by atoms with Gasteiger partial charge < -0.3 is 15.2 Å². The van der Waals surface area contributed by atoms with Gasteiger partial charge in [0.15, 0.2) is 0 Å². The Morgan fingerprint density at radius 2 is 1.75 bits per heavy atom. The van der Waals surface area contributed by atoms with Crippen molar-refractivity contribution in [1.82, 2.24) is 0 Å². The summed E-state index contributed by atoms with van der Waals surface area (Å²) >= 11 is 0. The predicted molar refractivity (Wildman–Crippen MR) is 88.6 cm³/mol. The first kappa shape index (κ1) is 15.2. The topological polar surface area (TPSA) is 75.6 Å². The van der Waals surface area contributed by atoms with Crippen LogP contribution in [0.3, 0.4) is 0 Å². The molecule has 0 aliphatic heterocycles. The summed E-state index contributed by atoms with van der Waals surface area (Å²) in [5, 5.41) is 12.5. The average Bonchev–Trinajstić information content (AvgIpc) is 3.38. The lowest BCUT2D eigenvalue weighted by atomic mass is 9.62. The quantitative estimate of drug-likeness (QED) is 0.816. The third-order valence-corrected chi connectivity index (χ3v) is 5.67. The van der Waals surface area contributed by atoms with Crippen molar-refractivity contribution in [3.63, 3.8) is 0 Å². The fourth-order valence-electron chi connectivity index (χ4n) is 4.60. The molecule has 0 spiro atoms. The van der Waals surface area contributed by atoms with Crippen LogP contribution in [0.1, 0.15) is 13.3 Å². The summed E-state index contributed by atoms with van der Waals surface area (Å²) in [4.78, 5) is 24.6. The number of anilines is 1. The highest BCUT2D eigenvalue weighted by atomic mass is 16.5. The second kappa shape index (κ2) is 5.65. The molecule has 5 nitrogen and oxygen atoms in total. The number of fused-ring (bicyclic) bond motifs is 1. The third-order valence-electron chi connectivity index (χ3n) is 5.67. The fourth-order valence-corrected chi connectivity index (χ4v) is 4.60. The number of amides is 1. The molecule has 126 valence electrons. The molecule has 4 aliphatic rings. The van der Waals surface area contributed by atoms with E-state index in [0.717, 1.165) is 12.2 Å². The summed E-state index contributed by atoms with van der Waals surface area (Å²) in [7, 11) is 0. The Bertz CT molecular complexity index is 696. The lowest BCUT2D eigenvalue weighted by molar-refractivity contribution is -0.152. The molecule has 2 bridgehead atoms. The molecular formula is C19H21NO4. The zero-order valence-electron chi connectivity index (χ0n) is 13.5. The summed E-state index contributed by atoms with van der Waals surface area (Å²) in [6, 6.07) is 7.18. The van der Waals surface area contributed by atoms with Gasteiger partial charge in [0.05, 0.1) is 18.4 Å². The molecule has 5 heteroatoms. The highest BCUT2D eigenvalue weighted by Crippen LogP contribution is 2.63. The van der Waals surface area contributed by atoms with E-state index in [-0.39, 0.29) is 17.7 Å². The normalized spacial score (nSPS) is 35.2. The van der Waals surface area contributed by atoms with Gasteiger partial charge in [-0.3, -0.25) is 9.59 Å². The Kier molecular flexibility index (Phi) is 3.59. The third kappa shape index (κ3) is 2.39. The highest BCUT2D eigenvalue weighted by Gasteiger charge is 2.62. The van der Waals surface area contributed by atoms with Crippen LogP contribution in [0.15, 0.2) is 36.4 Å². The van der Waals surface area contributed by atoms with E-state index in [2.05, 4.69) is 11.4 Å². The van der Waals surface area contributed by atoms with Crippen LogP contribution in [0, 0.1) is 35.5 Å². The molecule has 24 heavy (non-hydrogen) atoms. The maximum absolute atomic E-state index is 12.8. The van der Waals surface area contributed by atoms with Crippen molar-refractivity contribution < 1.29 is 19.4 Å². The molecule has 2 fully saturated rings. The Labute approximate surface area is 140 Å². The minimum absolute atomic E-state index is 0.00794. The number of hydrogen-bond donors (Lipinski definition) is 2. The van der Waals surface area contributed by atoms with Gasteiger partial charge in [0.25, 0.3) is 0 Å². The summed E-state index contributed by atoms with van der Waals surface area (Å²) in [5.74, 6) is -0.346. The molecule has 2 saturated carbocycles. The largest absolute Gasteiger partial charge is 0.494 e. The van der Waals surface area contributed by atoms with E-state index in [1.54, 1.807) is 24.3 Å². The molecule has 1 aromatic rings. The van der Waals surface area contributed by atoms with Crippen LogP contribution in [-0.2, 0) is 9.59 Å². The van der Waals surface area contributed by atoms with E-state index < -0.39 is 17.8 Å². The Morgan fingerprint density at radius 3 is 2.33 bits per heavy atom. The molecule has 5 rings (SSSR count). The summed E-state index contributed by atoms with van der Waals surface area (Å²) in [5.41, 5.74) is 0.672. The van der Waals surface area contributed by atoms with Crippen molar-refractivity contribution in [2.24, 2.45) is 35.5 Å². The summed E-state index contributed by atoms with van der Waals surface area (Å²) in [6.07, 6.45) is 5.15. The van der Waals surface area contributed by atoms with Crippen molar-refractivity contribution >= 4 is 17.6 Å². The number of allylic oxidation sites excluding steroid dienone is 2. The molecule has 1 amide bonds. The Hall–Kier alpha value is -2.30. The van der Waals surface area contributed by atoms with Crippen molar-refractivity contribution in [3.05, 3.63) is 36.4 Å². The highest BCUT2D eigenvalue weighted by molar-refractivity contribution is 5.96. The lowest BCUT2D eigenvalue weighted by Crippen LogP contribution is -2.48. The molecule has 4 aliphatic carbocycles. The lowest BCUT2D eigenvalue weighted by Gasteiger charge is -2.41. The van der Waals surface area contributed by atoms with Crippen LogP contribution in [-0.4, -0.2) is 23.6 Å². The van der Waals surface area contributed by atoms with Crippen LogP contribution in [0.25, 0.3) is 0 Å². The maximum Gasteiger partial charge on any atom is 0.307 e. The van der Waals surface area contributed by atoms with Crippen LogP contribution in [0.2, 0.25) is 0 Å². The van der Waals surface area contributed by atoms with Crippen LogP contribution in [0.4, 0.5) is 5.69 Å². The number of carbonyl (C=O) groups is 2. The zero-order valence-corrected chi connectivity index (χ0v) is 13.5. The predicted octanol–water partition coefficient (Wildman–Crippen LogP) is 2.79. The van der Waals surface area contributed by atoms with Gasteiger partial charge in [-0.05, 0) is 61.3 Å². The first-order chi connectivity index (χ1) is 11.6. The van der Waals surface area contributed by atoms with Gasteiger partial charge in [-0.15, -0.1) is 0 Å². The standard InChI is InChI=1S/C19H21NO4/c1-2-24-11-5-3-10(4-6-11)20-18(21)16-12-7-8-13(15-9-14(12)15)17(16)19(22)23/h3-8,12-17H,2,9H2,1H3,(H,20,21)(H,22,23)/t12-,13-,14-,15-,16-,17+/m1/s1. The fraction of sp³-hybridized carbons (Fsp3) is 0.474. The smallest absolute Gasteiger partial charge is 0.307 e. The molecule has 0 saturated heterocycles. The number of carboxylic acid groups (broad SMARTS) is 1. The van der Waals surface area contributed by atoms with Gasteiger partial charge in [-0.25, -0.2) is 0 Å². The Balaban J connectivity index is 1.53. The molecule has 2 N–H and O–H groups in total. The second-order valence-corrected chi connectivity index (χ2v) is 6.94. The van der Waals surface area contributed by atoms with Crippen molar-refractivity contribution in [1.29, 1.82) is 0 Å². The monoisotopic (exact) mass is 327 g/mol. The molecule has 6 atom stereocenters. The number of aliphatic carboxylic acids is 1. The van der Waals surface area contributed by atoms with E-state index in [0.29, 0.717) is 24.1 Å². The maximum atomic E-state index is 12.8. The number of ether oxygens (including phenoxy) is 1. The van der Waals surface area contributed by atoms with Gasteiger partial charge in [0.1, 0.15) is 5.75 Å². The molecular weight excluding hydrogens is 306 g/mol. The van der Waals surface area contributed by atoms with E-state index in [4.69, 9.17) is 4.74 Å². The van der Waals surface area contributed by atoms with Crippen molar-refractivity contribution in [3.8, 4) is 5.75 Å². The van der Waals surface area contributed by atoms with Gasteiger partial charge in [0.2, 0.25) is 5.91 Å². The first-order valence-corrected chi connectivity index (χ1v) is 8.55. The van der Waals surface area contributed by atoms with Crippen molar-refractivity contribution in [2.45, 2.75) is 13.3 Å². The summed E-state index contributed by atoms with van der Waals surface area (Å²) in [6.45, 7) is 2.50. The van der Waals surface area contributed by atoms with Gasteiger partial charge in [0, 0.05) is 5.69 Å². The summed E-state index contributed by atoms with van der Waals surface area (Å²) < 4.78 is 5.39. The average molecular weight is 327 g/mol. The number of hydrogen-bond acceptors (Lipinski definition) is 3. The number of carbonyl (C=O) groups excluding carboxylic acids is 1. The van der Waals surface area contributed by atoms with Gasteiger partial charge in [-0.1, -0.05) is 12.2 Å². The van der Waals surface area contributed by atoms with Crippen LogP contribution < -0.4 is 10.1 Å². The van der Waals surface area contributed by atoms with E-state index in [1.165, 1.54) is 0 Å². The zero-order chi connectivity index (χ0) is 16.8. The minimum atomic E-state index is -0.855. The van der Waals surface area contributed by atoms with Gasteiger partial charge >= 0.3 is 5.97 Å². The number of nitrogens with one attached hydrogen (secondary N) is 1. The Morgan fingerprint density at radius 1 is 1.12 bits per heavy atom. The number of benzene rings is 1. The number of rotatable bonds is 5. The molecule has 0 heterocycles. The van der Waals surface area contributed by atoms with Crippen LogP contribution in [0.5, 0.6) is 5.75 Å². The van der Waals surface area contributed by atoms with E-state index in [9.17, 15) is 14.7 Å². The molecule has 0 radical (unpaired) electrons. The molecule has 0 unspecified atom stereocenters. The van der Waals surface area contributed by atoms with Gasteiger partial charge in [-0.2, -0.15) is 0 Å². The molecule has 1 aromatic carbocycles. The number of carboxylic acids is 1. The SMILES string of the molecule is CCOc1ccc(NC(=O)[C@@H]2[C@@H]3C=C[C@H]([C@H]4C[C@H]34)[C@@H]2C(=O)O)cc1. The van der Waals surface area contributed by atoms with Crippen molar-refractivity contribution in [2.75, 3.05) is 11.9 Å². The minimum Gasteiger partial charge on any atom is -0.494 e. The second-order valence-electron chi connectivity index (χ2n) is 6.94. The first-order valence-electron chi connectivity index (χ1n) is 8.55.